The number of pyridine rings is 2. The maximum absolute atomic E-state index is 12.8. The summed E-state index contributed by atoms with van der Waals surface area (Å²) in [6.45, 7) is 5.20. The third-order valence-corrected chi connectivity index (χ3v) is 7.79. The number of carbonyl (C=O) groups is 1. The van der Waals surface area contributed by atoms with Gasteiger partial charge in [0.05, 0.1) is 11.4 Å². The number of hydrogen-bond donors (Lipinski definition) is 1. The average molecular weight is 498 g/mol. The molecule has 192 valence electrons. The van der Waals surface area contributed by atoms with E-state index in [2.05, 4.69) is 40.3 Å². The minimum atomic E-state index is -0.0593. The summed E-state index contributed by atoms with van der Waals surface area (Å²) >= 11 is 0. The minimum absolute atomic E-state index is 0.0406. The number of carbonyl (C=O) groups excluding carboxylic acids is 1. The van der Waals surface area contributed by atoms with Gasteiger partial charge < -0.3 is 10.2 Å². The molecular formula is C30H35N5O2. The number of aromatic nitrogens is 2. The number of likely N-dealkylation sites (tertiary alicyclic amines) is 1. The summed E-state index contributed by atoms with van der Waals surface area (Å²) in [5.74, 6) is 0.785. The third kappa shape index (κ3) is 4.96. The number of piperidine rings is 1. The first-order chi connectivity index (χ1) is 17.9. The van der Waals surface area contributed by atoms with Crippen molar-refractivity contribution in [1.29, 1.82) is 0 Å². The lowest BCUT2D eigenvalue weighted by atomic mass is 9.88. The Morgan fingerprint density at radius 1 is 1.11 bits per heavy atom. The van der Waals surface area contributed by atoms with E-state index >= 15 is 0 Å². The van der Waals surface area contributed by atoms with E-state index in [9.17, 15) is 9.59 Å². The molecule has 1 amide bonds. The highest BCUT2D eigenvalue weighted by Gasteiger charge is 2.28. The van der Waals surface area contributed by atoms with Crippen molar-refractivity contribution < 1.29 is 4.79 Å². The summed E-state index contributed by atoms with van der Waals surface area (Å²) < 4.78 is 1.70. The van der Waals surface area contributed by atoms with Gasteiger partial charge in [-0.2, -0.15) is 0 Å². The molecule has 0 saturated carbocycles. The van der Waals surface area contributed by atoms with Crippen LogP contribution in [0.2, 0.25) is 0 Å². The molecule has 1 saturated heterocycles. The van der Waals surface area contributed by atoms with E-state index in [4.69, 9.17) is 0 Å². The van der Waals surface area contributed by atoms with Crippen LogP contribution < -0.4 is 10.9 Å². The summed E-state index contributed by atoms with van der Waals surface area (Å²) in [5, 5.41) is 3.02. The van der Waals surface area contributed by atoms with E-state index in [1.807, 2.05) is 43.7 Å². The summed E-state index contributed by atoms with van der Waals surface area (Å²) in [6.07, 6.45) is 8.09. The molecule has 5 rings (SSSR count). The lowest BCUT2D eigenvalue weighted by Crippen LogP contribution is -2.34. The van der Waals surface area contributed by atoms with E-state index in [1.165, 1.54) is 11.1 Å². The average Bonchev–Trinajstić information content (AvgIpc) is 3.24. The van der Waals surface area contributed by atoms with Crippen LogP contribution in [0.4, 0.5) is 5.69 Å². The number of hydrogen-bond acceptors (Lipinski definition) is 5. The van der Waals surface area contributed by atoms with E-state index in [0.29, 0.717) is 5.92 Å². The van der Waals surface area contributed by atoms with Crippen LogP contribution in [0, 0.1) is 0 Å². The van der Waals surface area contributed by atoms with Gasteiger partial charge in [0.1, 0.15) is 0 Å². The molecule has 1 fully saturated rings. The second-order valence-electron chi connectivity index (χ2n) is 10.3. The van der Waals surface area contributed by atoms with Crippen LogP contribution >= 0.6 is 0 Å². The van der Waals surface area contributed by atoms with Crippen LogP contribution in [0.1, 0.15) is 58.8 Å². The van der Waals surface area contributed by atoms with Gasteiger partial charge in [0.25, 0.3) is 11.5 Å². The van der Waals surface area contributed by atoms with Crippen LogP contribution in [0.3, 0.4) is 0 Å². The molecule has 37 heavy (non-hydrogen) atoms. The summed E-state index contributed by atoms with van der Waals surface area (Å²) in [4.78, 5) is 33.8. The van der Waals surface area contributed by atoms with E-state index in [0.717, 1.165) is 60.7 Å². The van der Waals surface area contributed by atoms with Crippen LogP contribution in [-0.4, -0.2) is 66.0 Å². The van der Waals surface area contributed by atoms with Crippen LogP contribution in [0.15, 0.2) is 65.2 Å². The minimum Gasteiger partial charge on any atom is -0.388 e. The fourth-order valence-electron chi connectivity index (χ4n) is 5.52. The summed E-state index contributed by atoms with van der Waals surface area (Å²) in [7, 11) is 5.37. The van der Waals surface area contributed by atoms with Gasteiger partial charge in [-0.15, -0.1) is 0 Å². The van der Waals surface area contributed by atoms with Crippen molar-refractivity contribution in [2.75, 3.05) is 46.1 Å². The largest absolute Gasteiger partial charge is 0.388 e. The Morgan fingerprint density at radius 2 is 1.84 bits per heavy atom. The molecule has 0 spiro atoms. The van der Waals surface area contributed by atoms with Gasteiger partial charge in [0.2, 0.25) is 0 Å². The Kier molecular flexibility index (Phi) is 6.98. The summed E-state index contributed by atoms with van der Waals surface area (Å²) in [5.41, 5.74) is 7.12. The van der Waals surface area contributed by atoms with Gasteiger partial charge in [-0.3, -0.25) is 24.0 Å². The predicted octanol–water partition coefficient (Wildman–Crippen LogP) is 4.36. The zero-order chi connectivity index (χ0) is 26.1. The monoisotopic (exact) mass is 497 g/mol. The van der Waals surface area contributed by atoms with Gasteiger partial charge in [0, 0.05) is 68.9 Å². The van der Waals surface area contributed by atoms with Crippen LogP contribution in [-0.2, 0) is 0 Å². The molecule has 2 aromatic heterocycles. The number of benzene rings is 1. The zero-order valence-electron chi connectivity index (χ0n) is 22.1. The maximum atomic E-state index is 12.8. The first-order valence-electron chi connectivity index (χ1n) is 13.0. The second-order valence-corrected chi connectivity index (χ2v) is 10.3. The van der Waals surface area contributed by atoms with Crippen molar-refractivity contribution in [3.63, 3.8) is 0 Å². The quantitative estimate of drug-likeness (QED) is 0.548. The van der Waals surface area contributed by atoms with Crippen molar-refractivity contribution >= 4 is 17.7 Å². The Labute approximate surface area is 218 Å². The predicted molar refractivity (Wildman–Crippen MR) is 149 cm³/mol. The van der Waals surface area contributed by atoms with Crippen molar-refractivity contribution in [1.82, 2.24) is 19.4 Å². The smallest absolute Gasteiger partial charge is 0.257 e. The molecule has 1 aliphatic heterocycles. The van der Waals surface area contributed by atoms with Crippen LogP contribution in [0.5, 0.6) is 0 Å². The van der Waals surface area contributed by atoms with Gasteiger partial charge in [-0.05, 0) is 73.3 Å². The molecule has 1 unspecified atom stereocenters. The van der Waals surface area contributed by atoms with Crippen molar-refractivity contribution in [2.24, 2.45) is 0 Å². The topological polar surface area (TPSA) is 70.5 Å². The summed E-state index contributed by atoms with van der Waals surface area (Å²) in [6, 6.07) is 13.6. The van der Waals surface area contributed by atoms with E-state index < -0.39 is 0 Å². The van der Waals surface area contributed by atoms with Crippen LogP contribution in [0.25, 0.3) is 11.8 Å². The second kappa shape index (κ2) is 10.3. The third-order valence-electron chi connectivity index (χ3n) is 7.79. The highest BCUT2D eigenvalue weighted by atomic mass is 16.2. The number of rotatable bonds is 6. The highest BCUT2D eigenvalue weighted by Crippen LogP contribution is 2.38. The molecule has 3 heterocycles. The molecule has 3 aromatic rings. The zero-order valence-corrected chi connectivity index (χ0v) is 22.1. The molecule has 1 aromatic carbocycles. The molecule has 1 atom stereocenters. The van der Waals surface area contributed by atoms with E-state index in [1.54, 1.807) is 29.6 Å². The molecule has 7 heteroatoms. The molecule has 7 nitrogen and oxygen atoms in total. The van der Waals surface area contributed by atoms with Gasteiger partial charge in [-0.1, -0.05) is 19.1 Å². The van der Waals surface area contributed by atoms with Gasteiger partial charge in [-0.25, -0.2) is 0 Å². The lowest BCUT2D eigenvalue weighted by Gasteiger charge is -2.33. The number of amides is 1. The Balaban J connectivity index is 1.27. The fraction of sp³-hybridized carbons (Fsp3) is 0.367. The molecular weight excluding hydrogens is 462 g/mol. The molecule has 0 radical (unpaired) electrons. The van der Waals surface area contributed by atoms with Gasteiger partial charge in [0.15, 0.2) is 0 Å². The number of nitrogens with zero attached hydrogens (tertiary/aromatic N) is 4. The lowest BCUT2D eigenvalue weighted by molar-refractivity contribution is 0.0827. The fourth-order valence-corrected chi connectivity index (χ4v) is 5.52. The number of fused-ring (bicyclic) bond motifs is 1. The molecule has 2 aliphatic rings. The Bertz CT molecular complexity index is 1380. The molecule has 1 N–H and O–H groups in total. The number of anilines is 1. The van der Waals surface area contributed by atoms with Crippen molar-refractivity contribution in [3.8, 4) is 5.69 Å². The number of nitrogens with one attached hydrogen (secondary N) is 1. The Morgan fingerprint density at radius 3 is 2.49 bits per heavy atom. The standard InChI is InChI=1S/C30H35N5O2/c1-20-24(17-26-27(9-13-32-29(20)26)35-16-12-25(31-2)18-28(35)36)19-34-14-10-22(11-15-34)21-5-7-23(8-6-21)30(37)33(3)4/h5-9,12-13,16-18,20,22,31H,10-11,14-15,19H2,1-4H3. The first-order valence-corrected chi connectivity index (χ1v) is 13.0. The van der Waals surface area contributed by atoms with Crippen molar-refractivity contribution in [3.05, 3.63) is 93.2 Å². The Hall–Kier alpha value is -3.71. The van der Waals surface area contributed by atoms with Crippen molar-refractivity contribution in [2.45, 2.75) is 31.6 Å². The SMILES string of the molecule is CNc1ccn(-c2ccnc3c2C=C(CN2CCC(c4ccc(C(=O)N(C)C)cc4)CC2)C3C)c(=O)c1. The molecule has 1 aliphatic carbocycles. The molecule has 0 bridgehead atoms. The first kappa shape index (κ1) is 25.0. The van der Waals surface area contributed by atoms with E-state index in [-0.39, 0.29) is 17.4 Å². The highest BCUT2D eigenvalue weighted by molar-refractivity contribution is 5.93. The van der Waals surface area contributed by atoms with Gasteiger partial charge >= 0.3 is 0 Å². The normalized spacial score (nSPS) is 17.8. The maximum Gasteiger partial charge on any atom is 0.257 e.